The lowest BCUT2D eigenvalue weighted by Crippen LogP contribution is -2.08. The molecule has 0 saturated heterocycles. The zero-order chi connectivity index (χ0) is 8.27. The largest absolute Gasteiger partial charge is 0.329 e. The van der Waals surface area contributed by atoms with E-state index < -0.39 is 0 Å². The van der Waals surface area contributed by atoms with Crippen molar-refractivity contribution in [3.63, 3.8) is 0 Å². The maximum absolute atomic E-state index is 5.83. The average Bonchev–Trinajstić information content (AvgIpc) is 2.04. The summed E-state index contributed by atoms with van der Waals surface area (Å²) in [5.74, 6) is 0. The minimum atomic E-state index is -0.0660. The number of nitrogens with two attached hydrogens (primary N) is 1. The van der Waals surface area contributed by atoms with Crippen molar-refractivity contribution in [1.82, 2.24) is 4.98 Å². The molecule has 60 valence electrons. The van der Waals surface area contributed by atoms with Crippen molar-refractivity contribution in [2.45, 2.75) is 5.25 Å². The molecule has 2 nitrogen and oxygen atoms in total. The number of hydrogen-bond acceptors (Lipinski definition) is 3. The molecule has 4 heteroatoms. The molecule has 0 bridgehead atoms. The number of rotatable bonds is 2. The molecule has 2 N–H and O–H groups in total. The summed E-state index contributed by atoms with van der Waals surface area (Å²) in [5, 5.41) is 0.557. The highest BCUT2D eigenvalue weighted by atomic mass is 35.5. The molecule has 0 amide bonds. The van der Waals surface area contributed by atoms with E-state index in [4.69, 9.17) is 17.3 Å². The number of aromatic nitrogens is 1. The molecule has 1 atom stereocenters. The molecule has 1 unspecified atom stereocenters. The summed E-state index contributed by atoms with van der Waals surface area (Å²) in [6.45, 7) is 0.444. The third kappa shape index (κ3) is 2.09. The number of pyridine rings is 1. The number of halogens is 1. The van der Waals surface area contributed by atoms with Gasteiger partial charge in [-0.2, -0.15) is 12.6 Å². The van der Waals surface area contributed by atoms with Crippen molar-refractivity contribution in [1.29, 1.82) is 0 Å². The molecule has 0 aliphatic rings. The molecule has 0 saturated carbocycles. The van der Waals surface area contributed by atoms with E-state index in [2.05, 4.69) is 17.6 Å². The zero-order valence-electron chi connectivity index (χ0n) is 5.87. The Kier molecular flexibility index (Phi) is 3.17. The highest BCUT2D eigenvalue weighted by Crippen LogP contribution is 2.23. The Morgan fingerprint density at radius 2 is 2.45 bits per heavy atom. The second-order valence-electron chi connectivity index (χ2n) is 2.12. The molecule has 1 aromatic rings. The van der Waals surface area contributed by atoms with Gasteiger partial charge in [-0.05, 0) is 12.1 Å². The Morgan fingerprint density at radius 3 is 3.00 bits per heavy atom. The Balaban J connectivity index is 2.93. The smallest absolute Gasteiger partial charge is 0.0729 e. The van der Waals surface area contributed by atoms with E-state index in [1.54, 1.807) is 18.3 Å². The Bertz CT molecular complexity index is 242. The van der Waals surface area contributed by atoms with Gasteiger partial charge in [0.15, 0.2) is 0 Å². The lowest BCUT2D eigenvalue weighted by molar-refractivity contribution is 0.906. The van der Waals surface area contributed by atoms with Gasteiger partial charge in [0.2, 0.25) is 0 Å². The van der Waals surface area contributed by atoms with Crippen LogP contribution in [0.2, 0.25) is 5.02 Å². The SMILES string of the molecule is NCC(S)c1ncccc1Cl. The second-order valence-corrected chi connectivity index (χ2v) is 3.15. The van der Waals surface area contributed by atoms with Crippen LogP contribution in [0.25, 0.3) is 0 Å². The van der Waals surface area contributed by atoms with Gasteiger partial charge in [0, 0.05) is 12.7 Å². The molecule has 1 aromatic heterocycles. The van der Waals surface area contributed by atoms with E-state index in [-0.39, 0.29) is 5.25 Å². The fraction of sp³-hybridized carbons (Fsp3) is 0.286. The summed E-state index contributed by atoms with van der Waals surface area (Å²) in [6.07, 6.45) is 1.68. The van der Waals surface area contributed by atoms with Gasteiger partial charge in [-0.3, -0.25) is 4.98 Å². The monoisotopic (exact) mass is 188 g/mol. The molecule has 0 fully saturated rings. The van der Waals surface area contributed by atoms with E-state index in [0.29, 0.717) is 11.6 Å². The van der Waals surface area contributed by atoms with Crippen molar-refractivity contribution >= 4 is 24.2 Å². The maximum Gasteiger partial charge on any atom is 0.0729 e. The first-order chi connectivity index (χ1) is 5.25. The quantitative estimate of drug-likeness (QED) is 0.693. The summed E-state index contributed by atoms with van der Waals surface area (Å²) in [6, 6.07) is 3.56. The van der Waals surface area contributed by atoms with Crippen LogP contribution in [-0.4, -0.2) is 11.5 Å². The number of hydrogen-bond donors (Lipinski definition) is 2. The Labute approximate surface area is 76.2 Å². The van der Waals surface area contributed by atoms with Crippen LogP contribution in [0.4, 0.5) is 0 Å². The summed E-state index contributed by atoms with van der Waals surface area (Å²) in [7, 11) is 0. The first-order valence-corrected chi connectivity index (χ1v) is 4.13. The van der Waals surface area contributed by atoms with E-state index in [0.717, 1.165) is 5.69 Å². The standard InChI is InChI=1S/C7H9ClN2S/c8-5-2-1-3-10-7(5)6(11)4-9/h1-3,6,11H,4,9H2. The summed E-state index contributed by atoms with van der Waals surface area (Å²) >= 11 is 10.0. The van der Waals surface area contributed by atoms with E-state index in [9.17, 15) is 0 Å². The predicted molar refractivity (Wildman–Crippen MR) is 50.0 cm³/mol. The predicted octanol–water partition coefficient (Wildman–Crippen LogP) is 1.66. The summed E-state index contributed by atoms with van der Waals surface area (Å²) < 4.78 is 0. The topological polar surface area (TPSA) is 38.9 Å². The third-order valence-corrected chi connectivity index (χ3v) is 2.10. The molecular weight excluding hydrogens is 180 g/mol. The van der Waals surface area contributed by atoms with Crippen LogP contribution in [0, 0.1) is 0 Å². The van der Waals surface area contributed by atoms with Gasteiger partial charge in [-0.25, -0.2) is 0 Å². The molecule has 11 heavy (non-hydrogen) atoms. The second kappa shape index (κ2) is 3.95. The first kappa shape index (κ1) is 8.84. The highest BCUT2D eigenvalue weighted by Gasteiger charge is 2.08. The van der Waals surface area contributed by atoms with Crippen molar-refractivity contribution in [3.05, 3.63) is 29.0 Å². The van der Waals surface area contributed by atoms with Crippen molar-refractivity contribution < 1.29 is 0 Å². The highest BCUT2D eigenvalue weighted by molar-refractivity contribution is 7.80. The third-order valence-electron chi connectivity index (χ3n) is 1.33. The molecular formula is C7H9ClN2S. The molecule has 0 spiro atoms. The molecule has 0 aromatic carbocycles. The van der Waals surface area contributed by atoms with Crippen molar-refractivity contribution in [2.24, 2.45) is 5.73 Å². The summed E-state index contributed by atoms with van der Waals surface area (Å²) in [5.41, 5.74) is 6.15. The van der Waals surface area contributed by atoms with Gasteiger partial charge in [0.25, 0.3) is 0 Å². The minimum absolute atomic E-state index is 0.0660. The van der Waals surface area contributed by atoms with Gasteiger partial charge in [0.05, 0.1) is 16.0 Å². The van der Waals surface area contributed by atoms with Crippen LogP contribution in [0.15, 0.2) is 18.3 Å². The lowest BCUT2D eigenvalue weighted by Gasteiger charge is -2.07. The normalized spacial score (nSPS) is 13.0. The van der Waals surface area contributed by atoms with Gasteiger partial charge in [-0.15, -0.1) is 0 Å². The maximum atomic E-state index is 5.83. The first-order valence-electron chi connectivity index (χ1n) is 3.24. The van der Waals surface area contributed by atoms with Gasteiger partial charge < -0.3 is 5.73 Å². The van der Waals surface area contributed by atoms with Gasteiger partial charge in [0.1, 0.15) is 0 Å². The zero-order valence-corrected chi connectivity index (χ0v) is 7.52. The van der Waals surface area contributed by atoms with Crippen molar-refractivity contribution in [2.75, 3.05) is 6.54 Å². The van der Waals surface area contributed by atoms with Crippen molar-refractivity contribution in [3.8, 4) is 0 Å². The minimum Gasteiger partial charge on any atom is -0.329 e. The number of nitrogens with zero attached hydrogens (tertiary/aromatic N) is 1. The molecule has 1 rings (SSSR count). The molecule has 1 heterocycles. The van der Waals surface area contributed by atoms with Crippen LogP contribution in [0.5, 0.6) is 0 Å². The summed E-state index contributed by atoms with van der Waals surface area (Å²) in [4.78, 5) is 4.06. The average molecular weight is 189 g/mol. The molecule has 0 aliphatic heterocycles. The fourth-order valence-corrected chi connectivity index (χ4v) is 1.29. The van der Waals surface area contributed by atoms with Crippen LogP contribution >= 0.6 is 24.2 Å². The van der Waals surface area contributed by atoms with Crippen LogP contribution in [-0.2, 0) is 0 Å². The van der Waals surface area contributed by atoms with Crippen LogP contribution in [0.3, 0.4) is 0 Å². The lowest BCUT2D eigenvalue weighted by atomic mass is 10.2. The van der Waals surface area contributed by atoms with E-state index in [1.807, 2.05) is 0 Å². The Morgan fingerprint density at radius 1 is 1.73 bits per heavy atom. The van der Waals surface area contributed by atoms with E-state index >= 15 is 0 Å². The molecule has 0 radical (unpaired) electrons. The van der Waals surface area contributed by atoms with Crippen LogP contribution in [0.1, 0.15) is 10.9 Å². The van der Waals surface area contributed by atoms with Gasteiger partial charge in [-0.1, -0.05) is 11.6 Å². The fourth-order valence-electron chi connectivity index (χ4n) is 0.755. The Hall–Kier alpha value is -0.250. The van der Waals surface area contributed by atoms with Crippen LogP contribution < -0.4 is 5.73 Å². The molecule has 0 aliphatic carbocycles. The van der Waals surface area contributed by atoms with Gasteiger partial charge >= 0.3 is 0 Å². The number of thiol groups is 1. The van der Waals surface area contributed by atoms with E-state index in [1.165, 1.54) is 0 Å².